The number of para-hydroxylation sites is 1. The number of ether oxygens (including phenoxy) is 1. The summed E-state index contributed by atoms with van der Waals surface area (Å²) in [6.45, 7) is 2.38. The molecule has 1 aliphatic heterocycles. The number of methoxy groups -OCH3 is 1. The van der Waals surface area contributed by atoms with Crippen LogP contribution in [0.15, 0.2) is 18.2 Å². The third-order valence-corrected chi connectivity index (χ3v) is 3.24. The molecule has 0 radical (unpaired) electrons. The van der Waals surface area contributed by atoms with Crippen LogP contribution in [0.3, 0.4) is 0 Å². The highest BCUT2D eigenvalue weighted by molar-refractivity contribution is 5.81. The van der Waals surface area contributed by atoms with E-state index < -0.39 is 11.6 Å². The number of carbonyl (C=O) groups is 1. The van der Waals surface area contributed by atoms with Gasteiger partial charge in [0, 0.05) is 6.54 Å². The maximum Gasteiger partial charge on any atom is 0.339 e. The minimum Gasteiger partial charge on any atom is -0.467 e. The Morgan fingerprint density at radius 1 is 1.61 bits per heavy atom. The monoisotopic (exact) mass is 250 g/mol. The zero-order valence-corrected chi connectivity index (χ0v) is 10.6. The van der Waals surface area contributed by atoms with Gasteiger partial charge in [-0.05, 0) is 25.0 Å². The van der Waals surface area contributed by atoms with Gasteiger partial charge >= 0.3 is 5.97 Å². The van der Waals surface area contributed by atoms with Gasteiger partial charge in [0.1, 0.15) is 0 Å². The highest BCUT2D eigenvalue weighted by Gasteiger charge is 2.36. The molecule has 1 aliphatic rings. The van der Waals surface area contributed by atoms with E-state index in [0.717, 1.165) is 24.2 Å². The number of carbonyl (C=O) groups excluding carboxylic acids is 1. The summed E-state index contributed by atoms with van der Waals surface area (Å²) < 4.78 is 4.60. The van der Waals surface area contributed by atoms with E-state index in [1.54, 1.807) is 0 Å². The Morgan fingerprint density at radius 3 is 3.00 bits per heavy atom. The Hall–Kier alpha value is -1.75. The van der Waals surface area contributed by atoms with Crippen molar-refractivity contribution < 1.29 is 14.6 Å². The van der Waals surface area contributed by atoms with Gasteiger partial charge in [0.25, 0.3) is 0 Å². The molecule has 0 saturated carbocycles. The average molecular weight is 250 g/mol. The van der Waals surface area contributed by atoms with Crippen molar-refractivity contribution >= 4 is 17.3 Å². The first-order chi connectivity index (χ1) is 8.45. The first-order valence-corrected chi connectivity index (χ1v) is 5.89. The predicted octanol–water partition coefficient (Wildman–Crippen LogP) is 0.555. The summed E-state index contributed by atoms with van der Waals surface area (Å²) in [7, 11) is 1.27. The maximum absolute atomic E-state index is 11.5. The molecule has 0 aliphatic carbocycles. The number of rotatable bonds is 3. The average Bonchev–Trinajstić information content (AvgIpc) is 2.72. The summed E-state index contributed by atoms with van der Waals surface area (Å²) in [5.41, 5.74) is 7.16. The molecule has 0 aromatic heterocycles. The molecule has 0 amide bonds. The van der Waals surface area contributed by atoms with Gasteiger partial charge in [-0.25, -0.2) is 4.79 Å². The molecule has 2 rings (SSSR count). The van der Waals surface area contributed by atoms with E-state index in [1.807, 2.05) is 23.1 Å². The number of nitrogens with two attached hydrogens (primary N) is 1. The van der Waals surface area contributed by atoms with Gasteiger partial charge in [0.15, 0.2) is 5.60 Å². The van der Waals surface area contributed by atoms with Crippen LogP contribution >= 0.6 is 0 Å². The van der Waals surface area contributed by atoms with Crippen LogP contribution in [-0.4, -0.2) is 36.9 Å². The third kappa shape index (κ3) is 2.13. The zero-order valence-electron chi connectivity index (χ0n) is 10.6. The Morgan fingerprint density at radius 2 is 2.33 bits per heavy atom. The van der Waals surface area contributed by atoms with Gasteiger partial charge in [-0.3, -0.25) is 0 Å². The lowest BCUT2D eigenvalue weighted by Crippen LogP contribution is -2.47. The molecule has 0 bridgehead atoms. The fourth-order valence-corrected chi connectivity index (χ4v) is 2.38. The molecular formula is C13H18N2O3. The molecular weight excluding hydrogens is 232 g/mol. The molecule has 5 heteroatoms. The zero-order chi connectivity index (χ0) is 13.3. The minimum absolute atomic E-state index is 0.181. The van der Waals surface area contributed by atoms with E-state index in [-0.39, 0.29) is 6.54 Å². The lowest BCUT2D eigenvalue weighted by atomic mass is 10.1. The standard InChI is InChI=1S/C13H18N2O3/c1-13(17,12(16)18-2)8-15-7-6-9-4-3-5-10(14)11(9)15/h3-5,17H,6-8,14H2,1-2H3. The SMILES string of the molecule is COC(=O)C(C)(O)CN1CCc2cccc(N)c21. The number of benzene rings is 1. The Balaban J connectivity index is 2.22. The van der Waals surface area contributed by atoms with Gasteiger partial charge in [-0.1, -0.05) is 12.1 Å². The number of hydrogen-bond acceptors (Lipinski definition) is 5. The van der Waals surface area contributed by atoms with Crippen LogP contribution in [0.25, 0.3) is 0 Å². The third-order valence-electron chi connectivity index (χ3n) is 3.24. The second kappa shape index (κ2) is 4.49. The van der Waals surface area contributed by atoms with Crippen LogP contribution in [-0.2, 0) is 16.0 Å². The van der Waals surface area contributed by atoms with Gasteiger partial charge in [-0.2, -0.15) is 0 Å². The van der Waals surface area contributed by atoms with Crippen LogP contribution in [0.5, 0.6) is 0 Å². The summed E-state index contributed by atoms with van der Waals surface area (Å²) in [5, 5.41) is 10.1. The lowest BCUT2D eigenvalue weighted by molar-refractivity contribution is -0.159. The van der Waals surface area contributed by atoms with E-state index >= 15 is 0 Å². The van der Waals surface area contributed by atoms with Gasteiger partial charge in [-0.15, -0.1) is 0 Å². The molecule has 0 fully saturated rings. The van der Waals surface area contributed by atoms with Crippen molar-refractivity contribution in [1.82, 2.24) is 0 Å². The first-order valence-electron chi connectivity index (χ1n) is 5.89. The van der Waals surface area contributed by atoms with Gasteiger partial charge < -0.3 is 20.5 Å². The first kappa shape index (κ1) is 12.7. The molecule has 5 nitrogen and oxygen atoms in total. The molecule has 98 valence electrons. The molecule has 1 aromatic carbocycles. The molecule has 18 heavy (non-hydrogen) atoms. The van der Waals surface area contributed by atoms with Crippen molar-refractivity contribution in [3.05, 3.63) is 23.8 Å². The van der Waals surface area contributed by atoms with Crippen LogP contribution in [0, 0.1) is 0 Å². The molecule has 1 unspecified atom stereocenters. The van der Waals surface area contributed by atoms with Crippen molar-refractivity contribution in [3.63, 3.8) is 0 Å². The number of nitrogen functional groups attached to an aromatic ring is 1. The van der Waals surface area contributed by atoms with E-state index in [0.29, 0.717) is 5.69 Å². The molecule has 3 N–H and O–H groups in total. The normalized spacial score (nSPS) is 17.2. The van der Waals surface area contributed by atoms with Crippen LogP contribution in [0.1, 0.15) is 12.5 Å². The van der Waals surface area contributed by atoms with E-state index in [2.05, 4.69) is 4.74 Å². The number of β-amino-alcohol motifs (C(OH)–C–C–N with tert-alkyl or cyclic N) is 1. The Bertz CT molecular complexity index is 471. The fourth-order valence-electron chi connectivity index (χ4n) is 2.38. The van der Waals surface area contributed by atoms with E-state index in [9.17, 15) is 9.90 Å². The highest BCUT2D eigenvalue weighted by Crippen LogP contribution is 2.34. The highest BCUT2D eigenvalue weighted by atomic mass is 16.5. The number of aliphatic hydroxyl groups is 1. The van der Waals surface area contributed by atoms with Crippen molar-refractivity contribution in [2.24, 2.45) is 0 Å². The Kier molecular flexibility index (Phi) is 3.17. The molecule has 1 aromatic rings. The number of hydrogen-bond donors (Lipinski definition) is 2. The summed E-state index contributed by atoms with van der Waals surface area (Å²) in [6, 6.07) is 5.75. The summed E-state index contributed by atoms with van der Waals surface area (Å²) in [5.74, 6) is -0.634. The number of nitrogens with zero attached hydrogens (tertiary/aromatic N) is 1. The van der Waals surface area contributed by atoms with Crippen LogP contribution in [0.2, 0.25) is 0 Å². The van der Waals surface area contributed by atoms with Gasteiger partial charge in [0.2, 0.25) is 0 Å². The second-order valence-corrected chi connectivity index (χ2v) is 4.79. The molecule has 1 heterocycles. The summed E-state index contributed by atoms with van der Waals surface area (Å²) >= 11 is 0. The molecule has 0 saturated heterocycles. The number of esters is 1. The smallest absolute Gasteiger partial charge is 0.339 e. The van der Waals surface area contributed by atoms with Crippen LogP contribution in [0.4, 0.5) is 11.4 Å². The van der Waals surface area contributed by atoms with Crippen molar-refractivity contribution in [2.75, 3.05) is 30.8 Å². The van der Waals surface area contributed by atoms with Crippen LogP contribution < -0.4 is 10.6 Å². The van der Waals surface area contributed by atoms with E-state index in [1.165, 1.54) is 14.0 Å². The van der Waals surface area contributed by atoms with Gasteiger partial charge in [0.05, 0.1) is 25.0 Å². The molecule has 0 spiro atoms. The summed E-state index contributed by atoms with van der Waals surface area (Å²) in [6.07, 6.45) is 0.873. The summed E-state index contributed by atoms with van der Waals surface area (Å²) in [4.78, 5) is 13.4. The minimum atomic E-state index is -1.53. The quantitative estimate of drug-likeness (QED) is 0.605. The number of fused-ring (bicyclic) bond motifs is 1. The lowest BCUT2D eigenvalue weighted by Gasteiger charge is -2.29. The fraction of sp³-hybridized carbons (Fsp3) is 0.462. The van der Waals surface area contributed by atoms with E-state index in [4.69, 9.17) is 5.73 Å². The van der Waals surface area contributed by atoms with Crippen molar-refractivity contribution in [3.8, 4) is 0 Å². The molecule has 1 atom stereocenters. The second-order valence-electron chi connectivity index (χ2n) is 4.79. The maximum atomic E-state index is 11.5. The van der Waals surface area contributed by atoms with Crippen molar-refractivity contribution in [2.45, 2.75) is 18.9 Å². The topological polar surface area (TPSA) is 75.8 Å². The number of anilines is 2. The largest absolute Gasteiger partial charge is 0.467 e. The predicted molar refractivity (Wildman–Crippen MR) is 69.4 cm³/mol. The van der Waals surface area contributed by atoms with Crippen molar-refractivity contribution in [1.29, 1.82) is 0 Å². The Labute approximate surface area is 106 Å².